The maximum Gasteiger partial charge on any atom is 0.348 e. The first-order valence-electron chi connectivity index (χ1n) is 16.0. The molecule has 3 saturated heterocycles. The largest absolute Gasteiger partial charge is 0.619 e. The van der Waals surface area contributed by atoms with Gasteiger partial charge >= 0.3 is 11.9 Å². The van der Waals surface area contributed by atoms with Crippen LogP contribution in [0.3, 0.4) is 0 Å². The van der Waals surface area contributed by atoms with Crippen molar-refractivity contribution in [2.24, 2.45) is 5.92 Å². The number of methoxy groups -OCH3 is 2. The third kappa shape index (κ3) is 8.30. The summed E-state index contributed by atoms with van der Waals surface area (Å²) >= 11 is 14.1. The first-order chi connectivity index (χ1) is 23.7. The lowest BCUT2D eigenvalue weighted by Gasteiger charge is -2.44. The highest BCUT2D eigenvalue weighted by atomic mass is 35.5. The second-order valence-electron chi connectivity index (χ2n) is 12.1. The predicted octanol–water partition coefficient (Wildman–Crippen LogP) is 6.31. The molecule has 3 aliphatic rings. The van der Waals surface area contributed by atoms with Gasteiger partial charge in [0, 0.05) is 30.0 Å². The second-order valence-corrected chi connectivity index (χ2v) is 14.1. The van der Waals surface area contributed by atoms with Crippen molar-refractivity contribution in [3.05, 3.63) is 115 Å². The van der Waals surface area contributed by atoms with E-state index >= 15 is 0 Å². The van der Waals surface area contributed by atoms with E-state index in [0.29, 0.717) is 44.7 Å². The number of hydrogen-bond acceptors (Lipinski definition) is 10. The first-order valence-corrected chi connectivity index (χ1v) is 17.6. The number of aromatic nitrogens is 1. The van der Waals surface area contributed by atoms with Gasteiger partial charge in [0.15, 0.2) is 23.9 Å². The average Bonchev–Trinajstić information content (AvgIpc) is 3.59. The molecule has 10 nitrogen and oxygen atoms in total. The average molecular weight is 727 g/mol. The van der Waals surface area contributed by atoms with Crippen LogP contribution in [0.4, 0.5) is 0 Å². The number of thiophene rings is 1. The van der Waals surface area contributed by atoms with Crippen LogP contribution < -0.4 is 19.5 Å². The Hall–Kier alpha value is -3.87. The Morgan fingerprint density at radius 1 is 0.980 bits per heavy atom. The number of piperidine rings is 3. The normalized spacial score (nSPS) is 19.6. The number of halogens is 2. The van der Waals surface area contributed by atoms with Gasteiger partial charge in [-0.15, -0.1) is 11.3 Å². The second kappa shape index (κ2) is 15.8. The van der Waals surface area contributed by atoms with Crippen LogP contribution in [0.15, 0.2) is 73.1 Å². The van der Waals surface area contributed by atoms with Gasteiger partial charge in [-0.25, -0.2) is 9.59 Å². The molecule has 2 aromatic carbocycles. The monoisotopic (exact) mass is 725 g/mol. The van der Waals surface area contributed by atoms with E-state index in [-0.39, 0.29) is 28.5 Å². The Kier molecular flexibility index (Phi) is 11.3. The highest BCUT2D eigenvalue weighted by molar-refractivity contribution is 7.13. The van der Waals surface area contributed by atoms with E-state index in [2.05, 4.69) is 10.2 Å². The molecule has 0 aliphatic carbocycles. The minimum absolute atomic E-state index is 0.0972. The van der Waals surface area contributed by atoms with Gasteiger partial charge in [-0.05, 0) is 67.2 Å². The maximum atomic E-state index is 13.6. The summed E-state index contributed by atoms with van der Waals surface area (Å²) < 4.78 is 23.5. The number of pyridine rings is 1. The molecule has 2 bridgehead atoms. The van der Waals surface area contributed by atoms with Crippen LogP contribution in [0.5, 0.6) is 11.5 Å². The molecule has 13 heteroatoms. The Bertz CT molecular complexity index is 1760. The number of ether oxygens (including phenoxy) is 4. The van der Waals surface area contributed by atoms with Crippen LogP contribution in [-0.4, -0.2) is 56.8 Å². The van der Waals surface area contributed by atoms with Gasteiger partial charge in [-0.1, -0.05) is 59.6 Å². The Balaban J connectivity index is 1.17. The van der Waals surface area contributed by atoms with Gasteiger partial charge in [0.25, 0.3) is 0 Å². The molecule has 3 aliphatic heterocycles. The molecule has 1 N–H and O–H groups in total. The zero-order chi connectivity index (χ0) is 34.5. The number of fused-ring (bicyclic) bond motifs is 3. The zero-order valence-corrected chi connectivity index (χ0v) is 29.4. The third-order valence-electron chi connectivity index (χ3n) is 9.05. The van der Waals surface area contributed by atoms with Crippen LogP contribution in [0, 0.1) is 11.1 Å². The van der Waals surface area contributed by atoms with Crippen molar-refractivity contribution in [2.75, 3.05) is 33.9 Å². The highest BCUT2D eigenvalue weighted by Gasteiger charge is 2.38. The van der Waals surface area contributed by atoms with Crippen molar-refractivity contribution in [2.45, 2.75) is 44.1 Å². The van der Waals surface area contributed by atoms with E-state index in [9.17, 15) is 14.8 Å². The number of carbonyl (C=O) groups is 2. The molecule has 1 unspecified atom stereocenters. The lowest BCUT2D eigenvalue weighted by molar-refractivity contribution is -0.605. The van der Waals surface area contributed by atoms with Crippen LogP contribution in [0.2, 0.25) is 10.0 Å². The summed E-state index contributed by atoms with van der Waals surface area (Å²) in [6.07, 6.45) is 3.65. The topological polar surface area (TPSA) is 113 Å². The summed E-state index contributed by atoms with van der Waals surface area (Å²) in [6.45, 7) is 3.23. The molecule has 4 aromatic rings. The summed E-state index contributed by atoms with van der Waals surface area (Å²) in [4.78, 5) is 30.7. The van der Waals surface area contributed by atoms with E-state index < -0.39 is 18.1 Å². The summed E-state index contributed by atoms with van der Waals surface area (Å²) in [5.41, 5.74) is 1.88. The SMILES string of the molecule is COc1ccc(C(Cc2c(Cl)c[n+]([O-])cc2Cl)OC(=O)c2ccc(CN[C@@H](C(=O)O[C@H]3CN4CCC3CC4)c3ccccc3)s2)cc1OC. The minimum Gasteiger partial charge on any atom is -0.619 e. The molecule has 0 radical (unpaired) electrons. The molecule has 7 rings (SSSR count). The van der Waals surface area contributed by atoms with Gasteiger partial charge in [0.05, 0.1) is 14.2 Å². The highest BCUT2D eigenvalue weighted by Crippen LogP contribution is 2.36. The molecule has 0 saturated carbocycles. The molecule has 5 heterocycles. The van der Waals surface area contributed by atoms with Crippen LogP contribution >= 0.6 is 34.5 Å². The zero-order valence-electron chi connectivity index (χ0n) is 27.1. The van der Waals surface area contributed by atoms with Crippen LogP contribution in [-0.2, 0) is 27.2 Å². The standard InChI is InChI=1S/C36H37Cl2N3O7S/c1-45-29-10-8-24(16-31(29)46-2)30(17-26-27(37)19-41(44)20-28(26)38)47-35(42)33-11-9-25(49-33)18-39-34(23-6-4-3-5-7-23)36(43)48-32-21-40-14-12-22(32)13-15-40/h3-11,16,19-20,22,30,32,34,39H,12-15,17-18,21H2,1-2H3/t30?,32-,34+/m0/s1. The van der Waals surface area contributed by atoms with Crippen molar-refractivity contribution in [3.63, 3.8) is 0 Å². The number of nitrogens with zero attached hydrogens (tertiary/aromatic N) is 2. The minimum atomic E-state index is -0.836. The van der Waals surface area contributed by atoms with Crippen molar-refractivity contribution >= 4 is 46.5 Å². The van der Waals surface area contributed by atoms with E-state index in [4.69, 9.17) is 42.1 Å². The molecule has 2 aromatic heterocycles. The molecule has 49 heavy (non-hydrogen) atoms. The number of benzene rings is 2. The third-order valence-corrected chi connectivity index (χ3v) is 10.8. The Morgan fingerprint density at radius 3 is 2.35 bits per heavy atom. The summed E-state index contributed by atoms with van der Waals surface area (Å²) in [5, 5.41) is 15.5. The first kappa shape index (κ1) is 35.0. The number of nitrogens with one attached hydrogen (secondary N) is 1. The van der Waals surface area contributed by atoms with Crippen LogP contribution in [0.25, 0.3) is 0 Å². The van der Waals surface area contributed by atoms with Crippen molar-refractivity contribution in [3.8, 4) is 11.5 Å². The van der Waals surface area contributed by atoms with E-state index in [1.54, 1.807) is 24.3 Å². The van der Waals surface area contributed by atoms with Crippen LogP contribution in [0.1, 0.15) is 56.2 Å². The maximum absolute atomic E-state index is 13.6. The summed E-state index contributed by atoms with van der Waals surface area (Å²) in [6, 6.07) is 17.6. The quantitative estimate of drug-likeness (QED) is 0.0962. The van der Waals surface area contributed by atoms with Crippen molar-refractivity contribution in [1.82, 2.24) is 10.2 Å². The fraction of sp³-hybridized carbons (Fsp3) is 0.361. The summed E-state index contributed by atoms with van der Waals surface area (Å²) in [5.74, 6) is 0.500. The number of carbonyl (C=O) groups excluding carboxylic acids is 2. The number of hydrogen-bond donors (Lipinski definition) is 1. The Labute approximate surface area is 299 Å². The molecule has 0 spiro atoms. The van der Waals surface area contributed by atoms with Crippen molar-refractivity contribution in [1.29, 1.82) is 0 Å². The fourth-order valence-corrected chi connectivity index (χ4v) is 7.85. The fourth-order valence-electron chi connectivity index (χ4n) is 6.41. The molecular weight excluding hydrogens is 689 g/mol. The van der Waals surface area contributed by atoms with E-state index in [0.717, 1.165) is 42.9 Å². The molecule has 3 atom stereocenters. The van der Waals surface area contributed by atoms with Gasteiger partial charge in [-0.3, -0.25) is 10.2 Å². The van der Waals surface area contributed by atoms with Crippen molar-refractivity contribution < 1.29 is 33.3 Å². The Morgan fingerprint density at radius 2 is 1.69 bits per heavy atom. The smallest absolute Gasteiger partial charge is 0.348 e. The molecular formula is C36H37Cl2N3O7S. The van der Waals surface area contributed by atoms with Gasteiger partial charge < -0.3 is 24.2 Å². The number of rotatable bonds is 13. The van der Waals surface area contributed by atoms with E-state index in [1.807, 2.05) is 36.4 Å². The molecule has 3 fully saturated rings. The predicted molar refractivity (Wildman–Crippen MR) is 186 cm³/mol. The van der Waals surface area contributed by atoms with Gasteiger partial charge in [-0.2, -0.15) is 4.73 Å². The van der Waals surface area contributed by atoms with E-state index in [1.165, 1.54) is 38.0 Å². The number of esters is 2. The summed E-state index contributed by atoms with van der Waals surface area (Å²) in [7, 11) is 3.05. The molecule has 0 amide bonds. The lowest BCUT2D eigenvalue weighted by Crippen LogP contribution is -2.52. The van der Waals surface area contributed by atoms with Gasteiger partial charge in [0.2, 0.25) is 0 Å². The van der Waals surface area contributed by atoms with Gasteiger partial charge in [0.1, 0.15) is 33.2 Å². The lowest BCUT2D eigenvalue weighted by atomic mass is 9.86. The molecule has 258 valence electrons.